The molecule has 0 fully saturated rings. The number of hydrogen-bond acceptors (Lipinski definition) is 3. The molecule has 2 aliphatic rings. The molecule has 1 unspecified atom stereocenters. The molecule has 0 aromatic heterocycles. The first kappa shape index (κ1) is 19.0. The van der Waals surface area contributed by atoms with Crippen molar-refractivity contribution in [3.63, 3.8) is 0 Å². The van der Waals surface area contributed by atoms with Crippen LogP contribution in [0.15, 0.2) is 47.4 Å². The van der Waals surface area contributed by atoms with E-state index >= 15 is 0 Å². The van der Waals surface area contributed by atoms with Crippen LogP contribution in [0.4, 0.5) is 11.4 Å². The molecular formula is C22H26N2O3S. The summed E-state index contributed by atoms with van der Waals surface area (Å²) in [5.41, 5.74) is 3.64. The maximum Gasteiger partial charge on any atom is 0.264 e. The molecule has 0 radical (unpaired) electrons. The minimum Gasteiger partial charge on any atom is -0.312 e. The summed E-state index contributed by atoms with van der Waals surface area (Å²) in [6.45, 7) is 4.25. The topological polar surface area (TPSA) is 57.7 Å². The summed E-state index contributed by atoms with van der Waals surface area (Å²) in [5, 5.41) is 0. The summed E-state index contributed by atoms with van der Waals surface area (Å²) >= 11 is 0. The average Bonchev–Trinajstić information content (AvgIpc) is 3.11. The Kier molecular flexibility index (Phi) is 4.91. The summed E-state index contributed by atoms with van der Waals surface area (Å²) in [6, 6.07) is 13.0. The van der Waals surface area contributed by atoms with Crippen molar-refractivity contribution >= 4 is 27.3 Å². The number of sulfonamides is 1. The molecule has 1 atom stereocenters. The molecule has 2 aliphatic heterocycles. The number of nitrogens with zero attached hydrogens (tertiary/aromatic N) is 2. The predicted molar refractivity (Wildman–Crippen MR) is 111 cm³/mol. The molecule has 148 valence electrons. The van der Waals surface area contributed by atoms with Crippen LogP contribution >= 0.6 is 0 Å². The highest BCUT2D eigenvalue weighted by atomic mass is 32.2. The van der Waals surface area contributed by atoms with Gasteiger partial charge in [-0.25, -0.2) is 8.42 Å². The highest BCUT2D eigenvalue weighted by Gasteiger charge is 2.36. The van der Waals surface area contributed by atoms with E-state index in [-0.39, 0.29) is 11.9 Å². The summed E-state index contributed by atoms with van der Waals surface area (Å²) in [7, 11) is -3.68. The van der Waals surface area contributed by atoms with Crippen molar-refractivity contribution in [3.8, 4) is 0 Å². The van der Waals surface area contributed by atoms with E-state index in [9.17, 15) is 13.2 Å². The first-order valence-corrected chi connectivity index (χ1v) is 11.4. The molecule has 0 bridgehead atoms. The number of carbonyl (C=O) groups is 1. The second-order valence-corrected chi connectivity index (χ2v) is 9.44. The zero-order valence-electron chi connectivity index (χ0n) is 16.4. The van der Waals surface area contributed by atoms with Gasteiger partial charge in [0, 0.05) is 25.2 Å². The molecule has 2 heterocycles. The van der Waals surface area contributed by atoms with Crippen LogP contribution in [0.25, 0.3) is 0 Å². The smallest absolute Gasteiger partial charge is 0.264 e. The Bertz CT molecular complexity index is 1020. The Labute approximate surface area is 167 Å². The van der Waals surface area contributed by atoms with E-state index in [0.29, 0.717) is 17.9 Å². The van der Waals surface area contributed by atoms with E-state index in [0.717, 1.165) is 48.2 Å². The number of benzene rings is 2. The highest BCUT2D eigenvalue weighted by molar-refractivity contribution is 7.92. The highest BCUT2D eigenvalue weighted by Crippen LogP contribution is 2.38. The van der Waals surface area contributed by atoms with Crippen LogP contribution in [0, 0.1) is 0 Å². The fourth-order valence-electron chi connectivity index (χ4n) is 4.47. The molecule has 0 aliphatic carbocycles. The minimum atomic E-state index is -3.68. The number of para-hydroxylation sites is 1. The molecule has 0 spiro atoms. The SMILES string of the molecule is CCCC1CCc2ccccc2N1S(=O)(=O)c1ccc2c(c1)CCN2C(C)=O. The van der Waals surface area contributed by atoms with E-state index in [1.54, 1.807) is 34.3 Å². The Morgan fingerprint density at radius 3 is 2.61 bits per heavy atom. The number of rotatable bonds is 4. The van der Waals surface area contributed by atoms with Crippen molar-refractivity contribution in [2.24, 2.45) is 0 Å². The maximum absolute atomic E-state index is 13.7. The standard InChI is InChI=1S/C22H26N2O3S/c1-3-6-19-10-9-17-7-4-5-8-22(17)24(19)28(26,27)20-11-12-21-18(15-20)13-14-23(21)16(2)25/h4-5,7-8,11-12,15,19H,3,6,9-10,13-14H2,1-2H3. The molecule has 6 heteroatoms. The van der Waals surface area contributed by atoms with Crippen molar-refractivity contribution in [2.45, 2.75) is 56.9 Å². The number of carbonyl (C=O) groups excluding carboxylic acids is 1. The number of aryl methyl sites for hydroxylation is 1. The van der Waals surface area contributed by atoms with E-state index in [4.69, 9.17) is 0 Å². The van der Waals surface area contributed by atoms with Gasteiger partial charge in [-0.1, -0.05) is 31.5 Å². The van der Waals surface area contributed by atoms with Gasteiger partial charge in [0.25, 0.3) is 10.0 Å². The fraction of sp³-hybridized carbons (Fsp3) is 0.409. The Morgan fingerprint density at radius 1 is 1.07 bits per heavy atom. The van der Waals surface area contributed by atoms with Gasteiger partial charge in [-0.3, -0.25) is 9.10 Å². The van der Waals surface area contributed by atoms with Crippen LogP contribution in [-0.4, -0.2) is 26.9 Å². The zero-order valence-corrected chi connectivity index (χ0v) is 17.2. The predicted octanol–water partition coefficient (Wildman–Crippen LogP) is 3.91. The lowest BCUT2D eigenvalue weighted by molar-refractivity contribution is -0.116. The van der Waals surface area contributed by atoms with Crippen LogP contribution in [-0.2, 0) is 27.7 Å². The van der Waals surface area contributed by atoms with Gasteiger partial charge in [0.05, 0.1) is 10.6 Å². The third-order valence-corrected chi connectivity index (χ3v) is 7.68. The van der Waals surface area contributed by atoms with Crippen molar-refractivity contribution in [3.05, 3.63) is 53.6 Å². The average molecular weight is 399 g/mol. The third-order valence-electron chi connectivity index (χ3n) is 5.81. The zero-order chi connectivity index (χ0) is 19.9. The van der Waals surface area contributed by atoms with Gasteiger partial charge in [0.15, 0.2) is 0 Å². The van der Waals surface area contributed by atoms with Gasteiger partial charge in [-0.05, 0) is 61.1 Å². The number of fused-ring (bicyclic) bond motifs is 2. The number of anilines is 2. The van der Waals surface area contributed by atoms with Gasteiger partial charge in [0.2, 0.25) is 5.91 Å². The molecular weight excluding hydrogens is 372 g/mol. The summed E-state index contributed by atoms with van der Waals surface area (Å²) < 4.78 is 29.0. The first-order valence-electron chi connectivity index (χ1n) is 9.97. The summed E-state index contributed by atoms with van der Waals surface area (Å²) in [5.74, 6) is -0.0117. The van der Waals surface area contributed by atoms with Crippen molar-refractivity contribution < 1.29 is 13.2 Å². The van der Waals surface area contributed by atoms with E-state index < -0.39 is 10.0 Å². The number of hydrogen-bond donors (Lipinski definition) is 0. The van der Waals surface area contributed by atoms with Crippen LogP contribution in [0.2, 0.25) is 0 Å². The quantitative estimate of drug-likeness (QED) is 0.785. The van der Waals surface area contributed by atoms with Gasteiger partial charge in [-0.2, -0.15) is 0 Å². The molecule has 0 N–H and O–H groups in total. The number of amides is 1. The van der Waals surface area contributed by atoms with Crippen molar-refractivity contribution in [1.29, 1.82) is 0 Å². The molecule has 2 aromatic carbocycles. The first-order chi connectivity index (χ1) is 13.4. The lowest BCUT2D eigenvalue weighted by Crippen LogP contribution is -2.43. The Balaban J connectivity index is 1.78. The van der Waals surface area contributed by atoms with E-state index in [1.807, 2.05) is 24.3 Å². The second kappa shape index (κ2) is 7.24. The normalized spacial score (nSPS) is 18.7. The van der Waals surface area contributed by atoms with Crippen LogP contribution in [0.5, 0.6) is 0 Å². The molecule has 4 rings (SSSR count). The molecule has 0 saturated heterocycles. The summed E-state index contributed by atoms with van der Waals surface area (Å²) in [4.78, 5) is 13.8. The van der Waals surface area contributed by atoms with Gasteiger partial charge < -0.3 is 4.90 Å². The van der Waals surface area contributed by atoms with Crippen molar-refractivity contribution in [1.82, 2.24) is 0 Å². The van der Waals surface area contributed by atoms with Crippen LogP contribution in [0.1, 0.15) is 44.2 Å². The van der Waals surface area contributed by atoms with Gasteiger partial charge in [-0.15, -0.1) is 0 Å². The lowest BCUT2D eigenvalue weighted by Gasteiger charge is -2.38. The van der Waals surface area contributed by atoms with Crippen LogP contribution in [0.3, 0.4) is 0 Å². The van der Waals surface area contributed by atoms with Crippen LogP contribution < -0.4 is 9.21 Å². The van der Waals surface area contributed by atoms with E-state index in [2.05, 4.69) is 6.92 Å². The molecule has 0 saturated carbocycles. The minimum absolute atomic E-state index is 0.0117. The Morgan fingerprint density at radius 2 is 1.86 bits per heavy atom. The molecule has 2 aromatic rings. The third kappa shape index (κ3) is 3.09. The lowest BCUT2D eigenvalue weighted by atomic mass is 9.95. The fourth-order valence-corrected chi connectivity index (χ4v) is 6.27. The molecule has 28 heavy (non-hydrogen) atoms. The molecule has 5 nitrogen and oxygen atoms in total. The maximum atomic E-state index is 13.7. The summed E-state index contributed by atoms with van der Waals surface area (Å²) in [6.07, 6.45) is 4.22. The molecule has 1 amide bonds. The Hall–Kier alpha value is -2.34. The van der Waals surface area contributed by atoms with Crippen molar-refractivity contribution in [2.75, 3.05) is 15.7 Å². The van der Waals surface area contributed by atoms with E-state index in [1.165, 1.54) is 0 Å². The van der Waals surface area contributed by atoms with Gasteiger partial charge >= 0.3 is 0 Å². The largest absolute Gasteiger partial charge is 0.312 e. The second-order valence-electron chi connectivity index (χ2n) is 7.62. The van der Waals surface area contributed by atoms with Gasteiger partial charge in [0.1, 0.15) is 0 Å². The monoisotopic (exact) mass is 398 g/mol.